The highest BCUT2D eigenvalue weighted by molar-refractivity contribution is 5.92. The summed E-state index contributed by atoms with van der Waals surface area (Å²) in [6.45, 7) is 9.58. The number of amides is 3. The van der Waals surface area contributed by atoms with Crippen molar-refractivity contribution in [1.82, 2.24) is 25.0 Å². The zero-order valence-electron chi connectivity index (χ0n) is 26.3. The minimum atomic E-state index is -0.183. The van der Waals surface area contributed by atoms with Crippen LogP contribution in [0.4, 0.5) is 0 Å². The third kappa shape index (κ3) is 8.93. The first-order valence-corrected chi connectivity index (χ1v) is 17.2. The monoisotopic (exact) mass is 595 g/mol. The number of nitrogens with zero attached hydrogens (tertiary/aromatic N) is 4. The lowest BCUT2D eigenvalue weighted by Crippen LogP contribution is -2.48. The smallest absolute Gasteiger partial charge is 0.270 e. The van der Waals surface area contributed by atoms with Crippen LogP contribution >= 0.6 is 0 Å². The molecule has 0 saturated carbocycles. The number of rotatable bonds is 7. The number of ether oxygens (including phenoxy) is 1. The maximum absolute atomic E-state index is 13.8. The van der Waals surface area contributed by atoms with Crippen LogP contribution < -0.4 is 10.1 Å². The van der Waals surface area contributed by atoms with Crippen LogP contribution in [0.15, 0.2) is 18.2 Å². The second-order valence-electron chi connectivity index (χ2n) is 13.4. The van der Waals surface area contributed by atoms with E-state index in [0.717, 1.165) is 77.8 Å². The number of aromatic nitrogens is 1. The summed E-state index contributed by atoms with van der Waals surface area (Å²) in [7, 11) is 0. The van der Waals surface area contributed by atoms with Crippen molar-refractivity contribution in [2.24, 2.45) is 23.7 Å². The van der Waals surface area contributed by atoms with E-state index in [2.05, 4.69) is 27.0 Å². The van der Waals surface area contributed by atoms with E-state index >= 15 is 0 Å². The van der Waals surface area contributed by atoms with Crippen molar-refractivity contribution in [1.29, 1.82) is 0 Å². The zero-order chi connectivity index (χ0) is 30.0. The second kappa shape index (κ2) is 15.9. The van der Waals surface area contributed by atoms with E-state index in [1.807, 2.05) is 11.0 Å². The predicted molar refractivity (Wildman–Crippen MR) is 167 cm³/mol. The van der Waals surface area contributed by atoms with Gasteiger partial charge in [0.15, 0.2) is 0 Å². The lowest BCUT2D eigenvalue weighted by Gasteiger charge is -2.42. The molecule has 1 aromatic rings. The molecular formula is C34H53N5O4. The Kier molecular flexibility index (Phi) is 11.7. The topological polar surface area (TPSA) is 95.1 Å². The molecule has 4 bridgehead atoms. The van der Waals surface area contributed by atoms with E-state index in [-0.39, 0.29) is 29.6 Å². The maximum Gasteiger partial charge on any atom is 0.270 e. The summed E-state index contributed by atoms with van der Waals surface area (Å²) >= 11 is 0. The standard InChI is InChI=1S/C34H53N5O4/c1-2-3-4-5-16-37-19-12-26-23-33(41)39-20-13-27(22-32(40)38-17-6-7-18-38)29(25-39)14-21-43-31-10-8-9-30(36-31)34(42)35-15-11-28(26)24-37/h8-10,26-29H,2-7,11-25H2,1H3,(H,35,42)/t26-,27-,28-,29-/m0/s1. The summed E-state index contributed by atoms with van der Waals surface area (Å²) < 4.78 is 6.03. The largest absolute Gasteiger partial charge is 0.478 e. The zero-order valence-corrected chi connectivity index (χ0v) is 26.3. The highest BCUT2D eigenvalue weighted by Gasteiger charge is 2.36. The molecule has 43 heavy (non-hydrogen) atoms. The average Bonchev–Trinajstić information content (AvgIpc) is 3.56. The van der Waals surface area contributed by atoms with E-state index in [0.29, 0.717) is 55.9 Å². The third-order valence-electron chi connectivity index (χ3n) is 10.4. The van der Waals surface area contributed by atoms with Gasteiger partial charge in [-0.25, -0.2) is 4.98 Å². The minimum Gasteiger partial charge on any atom is -0.478 e. The van der Waals surface area contributed by atoms with E-state index in [9.17, 15) is 14.4 Å². The van der Waals surface area contributed by atoms with E-state index in [1.165, 1.54) is 25.7 Å². The number of likely N-dealkylation sites (tertiary alicyclic amines) is 2. The number of hydrogen-bond acceptors (Lipinski definition) is 6. The van der Waals surface area contributed by atoms with Crippen LogP contribution in [0.1, 0.15) is 94.5 Å². The molecule has 1 aromatic heterocycles. The van der Waals surface area contributed by atoms with Gasteiger partial charge >= 0.3 is 0 Å². The molecule has 0 unspecified atom stereocenters. The lowest BCUT2D eigenvalue weighted by molar-refractivity contribution is -0.137. The fraction of sp³-hybridized carbons (Fsp3) is 0.765. The SMILES string of the molecule is CCCCCCN1CC[C@H]2CC(=O)N3CC[C@@H](CC(=O)N4CCCC4)[C@@H](CCOc4cccc(n4)C(=O)NCC[C@H]2C1)C3. The van der Waals surface area contributed by atoms with Gasteiger partial charge in [0.05, 0.1) is 6.61 Å². The molecule has 3 saturated heterocycles. The van der Waals surface area contributed by atoms with Crippen molar-refractivity contribution in [3.63, 3.8) is 0 Å². The number of carbonyl (C=O) groups excluding carboxylic acids is 3. The Labute approximate surface area is 258 Å². The third-order valence-corrected chi connectivity index (χ3v) is 10.4. The molecular weight excluding hydrogens is 542 g/mol. The summed E-state index contributed by atoms with van der Waals surface area (Å²) in [4.78, 5) is 51.0. The summed E-state index contributed by atoms with van der Waals surface area (Å²) in [5, 5.41) is 3.08. The fourth-order valence-corrected chi connectivity index (χ4v) is 7.69. The Bertz CT molecular complexity index is 1080. The summed E-state index contributed by atoms with van der Waals surface area (Å²) in [5.41, 5.74) is 0.368. The molecule has 3 fully saturated rings. The first kappa shape index (κ1) is 31.7. The summed E-state index contributed by atoms with van der Waals surface area (Å²) in [6, 6.07) is 5.34. The van der Waals surface area contributed by atoms with Crippen molar-refractivity contribution in [3.05, 3.63) is 23.9 Å². The first-order chi connectivity index (χ1) is 21.0. The van der Waals surface area contributed by atoms with Crippen molar-refractivity contribution in [2.45, 2.75) is 84.0 Å². The molecule has 0 aliphatic carbocycles. The van der Waals surface area contributed by atoms with Crippen LogP contribution in [0.5, 0.6) is 5.88 Å². The molecule has 3 amide bonds. The number of unbranched alkanes of at least 4 members (excludes halogenated alkanes) is 3. The molecule has 0 spiro atoms. The van der Waals surface area contributed by atoms with Crippen LogP contribution in [0, 0.1) is 23.7 Å². The van der Waals surface area contributed by atoms with Gasteiger partial charge in [-0.3, -0.25) is 14.4 Å². The molecule has 5 heterocycles. The van der Waals surface area contributed by atoms with Crippen molar-refractivity contribution in [2.75, 3.05) is 59.0 Å². The van der Waals surface area contributed by atoms with E-state index in [4.69, 9.17) is 4.74 Å². The molecule has 1 N–H and O–H groups in total. The Morgan fingerprint density at radius 2 is 1.81 bits per heavy atom. The molecule has 0 aromatic carbocycles. The Morgan fingerprint density at radius 1 is 0.953 bits per heavy atom. The number of carbonyl (C=O) groups is 3. The van der Waals surface area contributed by atoms with E-state index < -0.39 is 0 Å². The number of hydrogen-bond donors (Lipinski definition) is 1. The lowest BCUT2D eigenvalue weighted by atomic mass is 9.79. The van der Waals surface area contributed by atoms with Gasteiger partial charge in [-0.2, -0.15) is 0 Å². The van der Waals surface area contributed by atoms with Gasteiger partial charge in [0.2, 0.25) is 17.7 Å². The minimum absolute atomic E-state index is 0.183. The number of pyridine rings is 1. The Balaban J connectivity index is 1.29. The fourth-order valence-electron chi connectivity index (χ4n) is 7.69. The summed E-state index contributed by atoms with van der Waals surface area (Å²) in [6.07, 6.45) is 11.8. The van der Waals surface area contributed by atoms with E-state index in [1.54, 1.807) is 12.1 Å². The van der Waals surface area contributed by atoms with Gasteiger partial charge < -0.3 is 24.8 Å². The second-order valence-corrected chi connectivity index (χ2v) is 13.4. The highest BCUT2D eigenvalue weighted by atomic mass is 16.5. The molecule has 4 atom stereocenters. The first-order valence-electron chi connectivity index (χ1n) is 17.2. The van der Waals surface area contributed by atoms with Crippen molar-refractivity contribution < 1.29 is 19.1 Å². The Hall–Kier alpha value is -2.68. The highest BCUT2D eigenvalue weighted by Crippen LogP contribution is 2.34. The van der Waals surface area contributed by atoms with Crippen molar-refractivity contribution >= 4 is 17.7 Å². The molecule has 9 heteroatoms. The van der Waals surface area contributed by atoms with Crippen molar-refractivity contribution in [3.8, 4) is 5.88 Å². The maximum atomic E-state index is 13.8. The van der Waals surface area contributed by atoms with Gasteiger partial charge in [-0.05, 0) is 87.8 Å². The average molecular weight is 596 g/mol. The van der Waals surface area contributed by atoms with Gasteiger partial charge in [0.25, 0.3) is 5.91 Å². The summed E-state index contributed by atoms with van der Waals surface area (Å²) in [5.74, 6) is 1.91. The molecule has 238 valence electrons. The molecule has 5 rings (SSSR count). The number of nitrogens with one attached hydrogen (secondary N) is 1. The van der Waals surface area contributed by atoms with Crippen LogP contribution in [0.25, 0.3) is 0 Å². The Morgan fingerprint density at radius 3 is 2.65 bits per heavy atom. The number of fused-ring (bicyclic) bond motifs is 5. The van der Waals surface area contributed by atoms with Crippen LogP contribution in [0.3, 0.4) is 0 Å². The molecule has 0 radical (unpaired) electrons. The van der Waals surface area contributed by atoms with Gasteiger partial charge in [-0.15, -0.1) is 0 Å². The molecule has 9 nitrogen and oxygen atoms in total. The van der Waals surface area contributed by atoms with Gasteiger partial charge in [0.1, 0.15) is 5.69 Å². The van der Waals surface area contributed by atoms with Crippen LogP contribution in [0.2, 0.25) is 0 Å². The molecule has 4 aliphatic rings. The number of piperidine rings is 2. The molecule has 4 aliphatic heterocycles. The van der Waals surface area contributed by atoms with Crippen LogP contribution in [-0.4, -0.2) is 96.4 Å². The van der Waals surface area contributed by atoms with Gasteiger partial charge in [0, 0.05) is 58.2 Å². The van der Waals surface area contributed by atoms with Crippen LogP contribution in [-0.2, 0) is 9.59 Å². The quantitative estimate of drug-likeness (QED) is 0.471. The predicted octanol–water partition coefficient (Wildman–Crippen LogP) is 4.37. The normalized spacial score (nSPS) is 27.7. The van der Waals surface area contributed by atoms with Gasteiger partial charge in [-0.1, -0.05) is 32.3 Å².